The molecule has 1 heterocycles. The first kappa shape index (κ1) is 25.7. The third kappa shape index (κ3) is 5.38. The van der Waals surface area contributed by atoms with Gasteiger partial charge in [0.2, 0.25) is 0 Å². The predicted octanol–water partition coefficient (Wildman–Crippen LogP) is 6.50. The minimum atomic E-state index is -0.585. The molecule has 1 aromatic heterocycles. The molecule has 196 valence electrons. The first-order valence-corrected chi connectivity index (χ1v) is 12.8. The van der Waals surface area contributed by atoms with Crippen molar-refractivity contribution in [1.29, 1.82) is 0 Å². The van der Waals surface area contributed by atoms with Crippen LogP contribution in [0.15, 0.2) is 108 Å². The molecule has 4 aromatic carbocycles. The van der Waals surface area contributed by atoms with Crippen LogP contribution >= 0.6 is 0 Å². The highest BCUT2D eigenvalue weighted by molar-refractivity contribution is 5.89. The predicted molar refractivity (Wildman–Crippen MR) is 154 cm³/mol. The van der Waals surface area contributed by atoms with Crippen LogP contribution in [0.1, 0.15) is 29.9 Å². The topological polar surface area (TPSA) is 76.5 Å². The van der Waals surface area contributed by atoms with Crippen LogP contribution in [0.2, 0.25) is 0 Å². The smallest absolute Gasteiger partial charge is 0.322 e. The Bertz CT molecular complexity index is 1660. The SMILES string of the molecule is COc1ccccc1-n1c(C(C)N(Cc2ccccc2)C(=O)Nc2ccc(C)cc2)nc2ccccc2c1=O. The third-order valence-electron chi connectivity index (χ3n) is 6.73. The number of urea groups is 1. The molecule has 0 aliphatic carbocycles. The number of hydrogen-bond acceptors (Lipinski definition) is 4. The maximum atomic E-state index is 13.9. The van der Waals surface area contributed by atoms with Gasteiger partial charge in [-0.15, -0.1) is 0 Å². The Kier molecular flexibility index (Phi) is 7.41. The van der Waals surface area contributed by atoms with Crippen LogP contribution in [0.4, 0.5) is 10.5 Å². The van der Waals surface area contributed by atoms with Gasteiger partial charge in [-0.05, 0) is 55.8 Å². The van der Waals surface area contributed by atoms with Gasteiger partial charge in [0.1, 0.15) is 11.6 Å². The lowest BCUT2D eigenvalue weighted by Crippen LogP contribution is -2.39. The number of aryl methyl sites for hydroxylation is 1. The average Bonchev–Trinajstić information content (AvgIpc) is 2.97. The maximum absolute atomic E-state index is 13.9. The van der Waals surface area contributed by atoms with Crippen molar-refractivity contribution < 1.29 is 9.53 Å². The van der Waals surface area contributed by atoms with E-state index in [1.807, 2.05) is 105 Å². The van der Waals surface area contributed by atoms with Gasteiger partial charge in [0.25, 0.3) is 5.56 Å². The zero-order valence-electron chi connectivity index (χ0n) is 22.2. The van der Waals surface area contributed by atoms with E-state index >= 15 is 0 Å². The zero-order chi connectivity index (χ0) is 27.4. The van der Waals surface area contributed by atoms with Crippen LogP contribution < -0.4 is 15.6 Å². The molecule has 1 N–H and O–H groups in total. The first-order valence-electron chi connectivity index (χ1n) is 12.8. The van der Waals surface area contributed by atoms with Gasteiger partial charge in [-0.1, -0.05) is 72.3 Å². The minimum absolute atomic E-state index is 0.231. The van der Waals surface area contributed by atoms with E-state index in [1.165, 1.54) is 0 Å². The molecule has 0 saturated heterocycles. The quantitative estimate of drug-likeness (QED) is 0.267. The molecule has 2 amide bonds. The van der Waals surface area contributed by atoms with Crippen LogP contribution in [0.25, 0.3) is 16.6 Å². The number of hydrogen-bond donors (Lipinski definition) is 1. The van der Waals surface area contributed by atoms with Gasteiger partial charge in [0.05, 0.1) is 29.7 Å². The molecule has 39 heavy (non-hydrogen) atoms. The number of nitrogens with one attached hydrogen (secondary N) is 1. The Morgan fingerprint density at radius 2 is 1.59 bits per heavy atom. The number of rotatable bonds is 7. The summed E-state index contributed by atoms with van der Waals surface area (Å²) in [7, 11) is 1.57. The van der Waals surface area contributed by atoms with E-state index in [0.717, 1.165) is 11.1 Å². The number of benzene rings is 4. The number of anilines is 1. The number of para-hydroxylation sites is 3. The molecule has 0 radical (unpaired) electrons. The fourth-order valence-electron chi connectivity index (χ4n) is 4.61. The largest absolute Gasteiger partial charge is 0.495 e. The fraction of sp³-hybridized carbons (Fsp3) is 0.156. The molecule has 0 fully saturated rings. The molecule has 0 bridgehead atoms. The lowest BCUT2D eigenvalue weighted by Gasteiger charge is -2.31. The van der Waals surface area contributed by atoms with E-state index < -0.39 is 6.04 Å². The van der Waals surface area contributed by atoms with Crippen LogP contribution in [0.5, 0.6) is 5.75 Å². The van der Waals surface area contributed by atoms with Crippen molar-refractivity contribution in [3.8, 4) is 11.4 Å². The van der Waals surface area contributed by atoms with Gasteiger partial charge in [0, 0.05) is 12.2 Å². The highest BCUT2D eigenvalue weighted by Crippen LogP contribution is 2.29. The molecule has 0 aliphatic heterocycles. The number of carbonyl (C=O) groups is 1. The summed E-state index contributed by atoms with van der Waals surface area (Å²) >= 11 is 0. The van der Waals surface area contributed by atoms with Crippen LogP contribution in [0.3, 0.4) is 0 Å². The Labute approximate surface area is 227 Å². The van der Waals surface area contributed by atoms with Gasteiger partial charge in [-0.2, -0.15) is 0 Å². The molecule has 1 unspecified atom stereocenters. The standard InChI is InChI=1S/C32H30N4O3/c1-22-17-19-25(20-18-22)33-32(38)35(21-24-11-5-4-6-12-24)23(2)30-34-27-14-8-7-13-26(27)31(37)36(30)28-15-9-10-16-29(28)39-3/h4-20,23H,21H2,1-3H3,(H,33,38). The highest BCUT2D eigenvalue weighted by atomic mass is 16.5. The van der Waals surface area contributed by atoms with Gasteiger partial charge in [0.15, 0.2) is 0 Å². The molecule has 0 saturated carbocycles. The van der Waals surface area contributed by atoms with Crippen molar-refractivity contribution in [3.05, 3.63) is 130 Å². The molecule has 0 aliphatic rings. The number of aromatic nitrogens is 2. The van der Waals surface area contributed by atoms with Crippen molar-refractivity contribution in [2.45, 2.75) is 26.4 Å². The summed E-state index contributed by atoms with van der Waals surface area (Å²) in [4.78, 5) is 34.4. The van der Waals surface area contributed by atoms with E-state index in [1.54, 1.807) is 28.7 Å². The van der Waals surface area contributed by atoms with Gasteiger partial charge < -0.3 is 15.0 Å². The lowest BCUT2D eigenvalue weighted by atomic mass is 10.1. The number of carbonyl (C=O) groups excluding carboxylic acids is 1. The van der Waals surface area contributed by atoms with Crippen molar-refractivity contribution in [2.75, 3.05) is 12.4 Å². The summed E-state index contributed by atoms with van der Waals surface area (Å²) in [5.74, 6) is 0.960. The number of ether oxygens (including phenoxy) is 1. The second-order valence-electron chi connectivity index (χ2n) is 9.39. The van der Waals surface area contributed by atoms with Crippen molar-refractivity contribution in [3.63, 3.8) is 0 Å². The van der Waals surface area contributed by atoms with Crippen molar-refractivity contribution in [1.82, 2.24) is 14.5 Å². The zero-order valence-corrected chi connectivity index (χ0v) is 22.2. The molecular formula is C32H30N4O3. The monoisotopic (exact) mass is 518 g/mol. The molecule has 7 nitrogen and oxygen atoms in total. The van der Waals surface area contributed by atoms with Crippen molar-refractivity contribution >= 4 is 22.6 Å². The minimum Gasteiger partial charge on any atom is -0.495 e. The molecule has 7 heteroatoms. The Balaban J connectivity index is 1.66. The average molecular weight is 519 g/mol. The van der Waals surface area contributed by atoms with E-state index in [9.17, 15) is 9.59 Å². The first-order chi connectivity index (χ1) is 19.0. The van der Waals surface area contributed by atoms with Crippen LogP contribution in [-0.2, 0) is 6.54 Å². The molecule has 0 spiro atoms. The van der Waals surface area contributed by atoms with Crippen molar-refractivity contribution in [2.24, 2.45) is 0 Å². The summed E-state index contributed by atoms with van der Waals surface area (Å²) in [6, 6.07) is 31.1. The van der Waals surface area contributed by atoms with E-state index in [0.29, 0.717) is 40.4 Å². The second kappa shape index (κ2) is 11.2. The van der Waals surface area contributed by atoms with E-state index in [-0.39, 0.29) is 11.6 Å². The third-order valence-corrected chi connectivity index (χ3v) is 6.73. The number of amides is 2. The maximum Gasteiger partial charge on any atom is 0.322 e. The summed E-state index contributed by atoms with van der Waals surface area (Å²) in [5.41, 5.74) is 3.63. The van der Waals surface area contributed by atoms with Gasteiger partial charge >= 0.3 is 6.03 Å². The summed E-state index contributed by atoms with van der Waals surface area (Å²) in [6.07, 6.45) is 0. The number of methoxy groups -OCH3 is 1. The van der Waals surface area contributed by atoms with Crippen LogP contribution in [-0.4, -0.2) is 27.6 Å². The van der Waals surface area contributed by atoms with E-state index in [4.69, 9.17) is 9.72 Å². The van der Waals surface area contributed by atoms with Crippen LogP contribution in [0, 0.1) is 6.92 Å². The Morgan fingerprint density at radius 1 is 0.923 bits per heavy atom. The highest BCUT2D eigenvalue weighted by Gasteiger charge is 2.28. The summed E-state index contributed by atoms with van der Waals surface area (Å²) in [5, 5.41) is 3.51. The number of fused-ring (bicyclic) bond motifs is 1. The summed E-state index contributed by atoms with van der Waals surface area (Å²) in [6.45, 7) is 4.20. The molecule has 5 aromatic rings. The van der Waals surface area contributed by atoms with Gasteiger partial charge in [-0.25, -0.2) is 9.78 Å². The van der Waals surface area contributed by atoms with Gasteiger partial charge in [-0.3, -0.25) is 9.36 Å². The fourth-order valence-corrected chi connectivity index (χ4v) is 4.61. The molecular weight excluding hydrogens is 488 g/mol. The molecule has 5 rings (SSSR count). The Morgan fingerprint density at radius 3 is 2.33 bits per heavy atom. The lowest BCUT2D eigenvalue weighted by molar-refractivity contribution is 0.185. The number of nitrogens with zero attached hydrogens (tertiary/aromatic N) is 3. The second-order valence-corrected chi connectivity index (χ2v) is 9.39. The Hall–Kier alpha value is -4.91. The summed E-state index contributed by atoms with van der Waals surface area (Å²) < 4.78 is 7.17. The van der Waals surface area contributed by atoms with E-state index in [2.05, 4.69) is 5.32 Å². The normalized spacial score (nSPS) is 11.7. The molecule has 1 atom stereocenters.